The molecule has 0 spiro atoms. The van der Waals surface area contributed by atoms with E-state index >= 15 is 0 Å². The normalized spacial score (nSPS) is 11.1. The Morgan fingerprint density at radius 3 is 2.13 bits per heavy atom. The molecule has 0 bridgehead atoms. The molecule has 0 atom stereocenters. The smallest absolute Gasteiger partial charge is 0.401 e. The van der Waals surface area contributed by atoms with Gasteiger partial charge in [0, 0.05) is 23.3 Å². The minimum atomic E-state index is -4.47. The first-order valence-electron chi connectivity index (χ1n) is 10.7. The van der Waals surface area contributed by atoms with Crippen LogP contribution < -0.4 is 24.8 Å². The molecule has 0 saturated carbocycles. The highest BCUT2D eigenvalue weighted by molar-refractivity contribution is 6.32. The lowest BCUT2D eigenvalue weighted by Gasteiger charge is -2.16. The van der Waals surface area contributed by atoms with Gasteiger partial charge >= 0.3 is 17.7 Å². The quantitative estimate of drug-likeness (QED) is 0.283. The summed E-state index contributed by atoms with van der Waals surface area (Å²) in [6, 6.07) is 10.1. The molecule has 2 aromatic heterocycles. The second-order valence-corrected chi connectivity index (χ2v) is 8.04. The molecule has 0 unspecified atom stereocenters. The number of benzene rings is 2. The van der Waals surface area contributed by atoms with E-state index < -0.39 is 23.6 Å². The Bertz CT molecular complexity index is 1520. The summed E-state index contributed by atoms with van der Waals surface area (Å²) < 4.78 is 58.2. The third-order valence-electron chi connectivity index (χ3n) is 5.15. The van der Waals surface area contributed by atoms with Gasteiger partial charge in [-0.05, 0) is 42.5 Å². The highest BCUT2D eigenvalue weighted by Gasteiger charge is 2.47. The third kappa shape index (κ3) is 5.54. The van der Waals surface area contributed by atoms with E-state index in [0.717, 1.165) is 36.5 Å². The number of hydrogen-bond acceptors (Lipinski definition) is 7. The number of methoxy groups -OCH3 is 2. The minimum absolute atomic E-state index is 0.0900. The van der Waals surface area contributed by atoms with Gasteiger partial charge in [0.05, 0.1) is 31.6 Å². The summed E-state index contributed by atoms with van der Waals surface area (Å²) in [4.78, 5) is 32.4. The van der Waals surface area contributed by atoms with Crippen LogP contribution in [-0.2, 0) is 9.59 Å². The van der Waals surface area contributed by atoms with Crippen LogP contribution in [0.3, 0.4) is 0 Å². The number of fused-ring (bicyclic) bond motifs is 1. The first-order chi connectivity index (χ1) is 18.1. The van der Waals surface area contributed by atoms with E-state index in [9.17, 15) is 22.8 Å². The number of halogens is 4. The summed E-state index contributed by atoms with van der Waals surface area (Å²) in [5.41, 5.74) is 0.198. The molecule has 2 heterocycles. The fourth-order valence-electron chi connectivity index (χ4n) is 3.26. The number of hydrogen-bond donors (Lipinski definition) is 2. The Kier molecular flexibility index (Phi) is 7.53. The van der Waals surface area contributed by atoms with Crippen LogP contribution in [0.15, 0.2) is 60.9 Å². The van der Waals surface area contributed by atoms with Gasteiger partial charge in [-0.2, -0.15) is 8.78 Å². The standard InChI is InChI=1S/C25H18ClF3N4O5/c1-36-20-10-16-18(11-21(20)37-2)30-8-7-19(16)38-22-17(26)9-15(12-31-22)33-24(35)25(28,29)23(34)32-14-5-3-13(27)4-6-14/h3-12H,1-2H3,(H,32,34)(H,33,35). The first kappa shape index (κ1) is 26.5. The average Bonchev–Trinajstić information content (AvgIpc) is 2.90. The van der Waals surface area contributed by atoms with Gasteiger partial charge in [-0.1, -0.05) is 11.6 Å². The fourth-order valence-corrected chi connectivity index (χ4v) is 3.47. The molecule has 4 aromatic rings. The summed E-state index contributed by atoms with van der Waals surface area (Å²) in [5.74, 6) is -7.81. The number of aromatic nitrogens is 2. The molecule has 2 aromatic carbocycles. The molecule has 0 aliphatic rings. The van der Waals surface area contributed by atoms with E-state index in [1.54, 1.807) is 18.2 Å². The molecule has 2 amide bonds. The Balaban J connectivity index is 1.50. The van der Waals surface area contributed by atoms with Gasteiger partial charge in [0.1, 0.15) is 16.6 Å². The topological polar surface area (TPSA) is 112 Å². The van der Waals surface area contributed by atoms with Crippen molar-refractivity contribution in [3.05, 3.63) is 71.8 Å². The number of amides is 2. The summed E-state index contributed by atoms with van der Waals surface area (Å²) >= 11 is 6.22. The van der Waals surface area contributed by atoms with Crippen molar-refractivity contribution < 1.29 is 37.0 Å². The largest absolute Gasteiger partial charge is 0.493 e. The van der Waals surface area contributed by atoms with E-state index in [4.69, 9.17) is 25.8 Å². The molecule has 13 heteroatoms. The van der Waals surface area contributed by atoms with Crippen LogP contribution in [0.25, 0.3) is 10.9 Å². The number of alkyl halides is 2. The predicted molar refractivity (Wildman–Crippen MR) is 133 cm³/mol. The maximum absolute atomic E-state index is 14.4. The van der Waals surface area contributed by atoms with Crippen molar-refractivity contribution in [3.8, 4) is 23.1 Å². The van der Waals surface area contributed by atoms with Crippen LogP contribution in [0, 0.1) is 5.82 Å². The lowest BCUT2D eigenvalue weighted by atomic mass is 10.2. The Morgan fingerprint density at radius 1 is 0.868 bits per heavy atom. The zero-order chi connectivity index (χ0) is 27.4. The van der Waals surface area contributed by atoms with E-state index in [1.807, 2.05) is 10.6 Å². The molecule has 0 radical (unpaired) electrons. The van der Waals surface area contributed by atoms with Gasteiger partial charge in [0.15, 0.2) is 11.5 Å². The van der Waals surface area contributed by atoms with Crippen molar-refractivity contribution in [1.82, 2.24) is 9.97 Å². The summed E-state index contributed by atoms with van der Waals surface area (Å²) in [6.07, 6.45) is 2.52. The zero-order valence-electron chi connectivity index (χ0n) is 19.7. The van der Waals surface area contributed by atoms with Crippen LogP contribution in [0.5, 0.6) is 23.1 Å². The SMILES string of the molecule is COc1cc2nccc(Oc3ncc(NC(=O)C(F)(F)C(=O)Nc4ccc(F)cc4)cc3Cl)c2cc1OC. The third-order valence-corrected chi connectivity index (χ3v) is 5.42. The van der Waals surface area contributed by atoms with Crippen LogP contribution in [0.2, 0.25) is 5.02 Å². The molecule has 2 N–H and O–H groups in total. The molecule has 0 saturated heterocycles. The van der Waals surface area contributed by atoms with Crippen molar-refractivity contribution >= 4 is 45.7 Å². The van der Waals surface area contributed by atoms with Crippen molar-refractivity contribution in [1.29, 1.82) is 0 Å². The number of rotatable bonds is 8. The van der Waals surface area contributed by atoms with Gasteiger partial charge < -0.3 is 24.8 Å². The minimum Gasteiger partial charge on any atom is -0.493 e. The maximum atomic E-state index is 14.4. The highest BCUT2D eigenvalue weighted by atomic mass is 35.5. The monoisotopic (exact) mass is 546 g/mol. The highest BCUT2D eigenvalue weighted by Crippen LogP contribution is 2.38. The second kappa shape index (κ2) is 10.8. The molecule has 9 nitrogen and oxygen atoms in total. The van der Waals surface area contributed by atoms with Gasteiger partial charge in [0.25, 0.3) is 0 Å². The summed E-state index contributed by atoms with van der Waals surface area (Å²) in [7, 11) is 2.96. The molecule has 0 aliphatic heterocycles. The number of nitrogens with zero attached hydrogens (tertiary/aromatic N) is 2. The Labute approximate surface area is 218 Å². The predicted octanol–water partition coefficient (Wildman–Crippen LogP) is 5.44. The second-order valence-electron chi connectivity index (χ2n) is 7.64. The van der Waals surface area contributed by atoms with Crippen LogP contribution in [-0.4, -0.2) is 41.9 Å². The first-order valence-corrected chi connectivity index (χ1v) is 11.1. The number of nitrogens with one attached hydrogen (secondary N) is 2. The van der Waals surface area contributed by atoms with E-state index in [-0.39, 0.29) is 22.3 Å². The van der Waals surface area contributed by atoms with E-state index in [2.05, 4.69) is 9.97 Å². The fraction of sp³-hybridized carbons (Fsp3) is 0.120. The lowest BCUT2D eigenvalue weighted by molar-refractivity contribution is -0.152. The van der Waals surface area contributed by atoms with E-state index in [1.165, 1.54) is 20.4 Å². The Hall–Kier alpha value is -4.58. The summed E-state index contributed by atoms with van der Waals surface area (Å²) in [6.45, 7) is 0. The Morgan fingerprint density at radius 2 is 1.50 bits per heavy atom. The molecule has 196 valence electrons. The van der Waals surface area contributed by atoms with Crippen LogP contribution >= 0.6 is 11.6 Å². The molecule has 0 fully saturated rings. The van der Waals surface area contributed by atoms with Crippen LogP contribution in [0.4, 0.5) is 24.5 Å². The van der Waals surface area contributed by atoms with Gasteiger partial charge in [0.2, 0.25) is 5.88 Å². The molecule has 38 heavy (non-hydrogen) atoms. The van der Waals surface area contributed by atoms with Gasteiger partial charge in [-0.3, -0.25) is 14.6 Å². The summed E-state index contributed by atoms with van der Waals surface area (Å²) in [5, 5.41) is 4.18. The molecular weight excluding hydrogens is 529 g/mol. The van der Waals surface area contributed by atoms with Crippen LogP contribution in [0.1, 0.15) is 0 Å². The number of carbonyl (C=O) groups is 2. The number of anilines is 2. The van der Waals surface area contributed by atoms with Gasteiger partial charge in [-0.25, -0.2) is 9.37 Å². The lowest BCUT2D eigenvalue weighted by Crippen LogP contribution is -2.45. The number of ether oxygens (including phenoxy) is 3. The van der Waals surface area contributed by atoms with Crippen molar-refractivity contribution in [2.45, 2.75) is 5.92 Å². The molecule has 0 aliphatic carbocycles. The number of carbonyl (C=O) groups excluding carboxylic acids is 2. The van der Waals surface area contributed by atoms with Gasteiger partial charge in [-0.15, -0.1) is 0 Å². The molecular formula is C25H18ClF3N4O5. The van der Waals surface area contributed by atoms with Crippen molar-refractivity contribution in [2.24, 2.45) is 0 Å². The van der Waals surface area contributed by atoms with Crippen molar-refractivity contribution in [2.75, 3.05) is 24.9 Å². The van der Waals surface area contributed by atoms with Crippen molar-refractivity contribution in [3.63, 3.8) is 0 Å². The van der Waals surface area contributed by atoms with E-state index in [0.29, 0.717) is 28.2 Å². The zero-order valence-corrected chi connectivity index (χ0v) is 20.5. The molecule has 4 rings (SSSR count). The average molecular weight is 547 g/mol. The maximum Gasteiger partial charge on any atom is 0.401 e. The number of pyridine rings is 2.